The van der Waals surface area contributed by atoms with Crippen LogP contribution in [-0.4, -0.2) is 57.1 Å². The van der Waals surface area contributed by atoms with Gasteiger partial charge in [0.2, 0.25) is 5.91 Å². The van der Waals surface area contributed by atoms with E-state index in [1.165, 1.54) is 5.56 Å². The Morgan fingerprint density at radius 3 is 3.00 bits per heavy atom. The lowest BCUT2D eigenvalue weighted by atomic mass is 9.89. The molecule has 2 aliphatic heterocycles. The molecule has 5 nitrogen and oxygen atoms in total. The van der Waals surface area contributed by atoms with Gasteiger partial charge in [-0.3, -0.25) is 14.7 Å². The molecule has 0 bridgehead atoms. The van der Waals surface area contributed by atoms with Gasteiger partial charge in [-0.05, 0) is 37.3 Å². The van der Waals surface area contributed by atoms with Crippen LogP contribution in [0.15, 0.2) is 24.5 Å². The third-order valence-corrected chi connectivity index (χ3v) is 5.20. The van der Waals surface area contributed by atoms with E-state index in [0.717, 1.165) is 32.5 Å². The van der Waals surface area contributed by atoms with Gasteiger partial charge in [-0.1, -0.05) is 6.07 Å². The molecular weight excluding hydrogens is 278 g/mol. The van der Waals surface area contributed by atoms with Gasteiger partial charge in [0.25, 0.3) is 0 Å². The summed E-state index contributed by atoms with van der Waals surface area (Å²) in [5.41, 5.74) is 0.832. The highest BCUT2D eigenvalue weighted by atomic mass is 16.3. The molecule has 3 heterocycles. The molecule has 1 aromatic heterocycles. The lowest BCUT2D eigenvalue weighted by Crippen LogP contribution is -2.52. The second-order valence-electron chi connectivity index (χ2n) is 6.96. The maximum absolute atomic E-state index is 12.0. The highest BCUT2D eigenvalue weighted by Crippen LogP contribution is 2.42. The molecule has 0 aliphatic carbocycles. The first-order chi connectivity index (χ1) is 10.5. The quantitative estimate of drug-likeness (QED) is 0.914. The fourth-order valence-corrected chi connectivity index (χ4v) is 4.35. The van der Waals surface area contributed by atoms with Crippen molar-refractivity contribution in [2.75, 3.05) is 19.7 Å². The summed E-state index contributed by atoms with van der Waals surface area (Å²) >= 11 is 0. The maximum Gasteiger partial charge on any atom is 0.220 e. The van der Waals surface area contributed by atoms with E-state index in [9.17, 15) is 9.90 Å². The highest BCUT2D eigenvalue weighted by molar-refractivity contribution is 5.75. The summed E-state index contributed by atoms with van der Waals surface area (Å²) in [4.78, 5) is 20.6. The van der Waals surface area contributed by atoms with Crippen molar-refractivity contribution in [1.29, 1.82) is 0 Å². The van der Waals surface area contributed by atoms with E-state index >= 15 is 0 Å². The van der Waals surface area contributed by atoms with Crippen LogP contribution in [0.2, 0.25) is 0 Å². The number of aliphatic hydroxyl groups excluding tert-OH is 1. The molecule has 5 heteroatoms. The molecule has 2 saturated heterocycles. The van der Waals surface area contributed by atoms with Crippen LogP contribution in [0.25, 0.3) is 0 Å². The van der Waals surface area contributed by atoms with Crippen LogP contribution in [0.4, 0.5) is 0 Å². The summed E-state index contributed by atoms with van der Waals surface area (Å²) in [6.07, 6.45) is 5.59. The number of carbonyl (C=O) groups is 1. The fraction of sp³-hybridized carbons (Fsp3) is 0.647. The summed E-state index contributed by atoms with van der Waals surface area (Å²) in [6, 6.07) is 4.35. The van der Waals surface area contributed by atoms with Crippen molar-refractivity contribution in [2.45, 2.75) is 44.8 Å². The Labute approximate surface area is 131 Å². The van der Waals surface area contributed by atoms with Gasteiger partial charge in [0, 0.05) is 45.0 Å². The van der Waals surface area contributed by atoms with Gasteiger partial charge in [0.05, 0.1) is 12.1 Å². The number of rotatable bonds is 3. The van der Waals surface area contributed by atoms with E-state index in [0.29, 0.717) is 5.92 Å². The second kappa shape index (κ2) is 5.97. The molecule has 3 atom stereocenters. The van der Waals surface area contributed by atoms with Crippen molar-refractivity contribution in [2.24, 2.45) is 5.92 Å². The Balaban J connectivity index is 1.70. The van der Waals surface area contributed by atoms with E-state index in [1.54, 1.807) is 13.1 Å². The Bertz CT molecular complexity index is 536. The number of hydrogen-bond acceptors (Lipinski definition) is 4. The number of nitrogens with zero attached hydrogens (tertiary/aromatic N) is 3. The van der Waals surface area contributed by atoms with E-state index in [4.69, 9.17) is 0 Å². The van der Waals surface area contributed by atoms with Crippen LogP contribution in [0.1, 0.15) is 32.3 Å². The zero-order chi connectivity index (χ0) is 15.7. The molecule has 1 amide bonds. The molecule has 2 fully saturated rings. The van der Waals surface area contributed by atoms with Gasteiger partial charge in [0.1, 0.15) is 0 Å². The molecule has 0 unspecified atom stereocenters. The van der Waals surface area contributed by atoms with Crippen molar-refractivity contribution < 1.29 is 9.90 Å². The molecule has 22 heavy (non-hydrogen) atoms. The molecule has 0 spiro atoms. The number of amides is 1. The van der Waals surface area contributed by atoms with E-state index in [2.05, 4.69) is 16.0 Å². The lowest BCUT2D eigenvalue weighted by Gasteiger charge is -2.40. The normalized spacial score (nSPS) is 32.0. The van der Waals surface area contributed by atoms with Crippen LogP contribution < -0.4 is 0 Å². The number of likely N-dealkylation sites (tertiary alicyclic amines) is 2. The molecule has 3 rings (SSSR count). The largest absolute Gasteiger partial charge is 0.394 e. The molecular formula is C17H25N3O2. The maximum atomic E-state index is 12.0. The summed E-state index contributed by atoms with van der Waals surface area (Å²) in [5, 5.41) is 9.78. The van der Waals surface area contributed by atoms with Crippen LogP contribution >= 0.6 is 0 Å². The Hall–Kier alpha value is -1.46. The molecule has 0 saturated carbocycles. The number of hydrogen-bond donors (Lipinski definition) is 1. The number of carbonyl (C=O) groups excluding carboxylic acids is 1. The Kier molecular flexibility index (Phi) is 4.19. The standard InChI is InChI=1S/C17H25N3O2/c1-13(22)20-16-5-7-19(10-14-4-3-6-18-9-14)11-15(16)8-17(20,2)12-21/h3-4,6,9,15-16,21H,5,7-8,10-12H2,1-2H3/t15-,16-,17+/m0/s1. The molecule has 2 aliphatic rings. The van der Waals surface area contributed by atoms with Gasteiger partial charge in [0.15, 0.2) is 0 Å². The van der Waals surface area contributed by atoms with E-state index in [1.807, 2.05) is 24.1 Å². The van der Waals surface area contributed by atoms with Crippen LogP contribution in [0.5, 0.6) is 0 Å². The van der Waals surface area contributed by atoms with Crippen LogP contribution in [-0.2, 0) is 11.3 Å². The Morgan fingerprint density at radius 2 is 2.36 bits per heavy atom. The first kappa shape index (κ1) is 15.4. The second-order valence-corrected chi connectivity index (χ2v) is 6.96. The highest BCUT2D eigenvalue weighted by Gasteiger charge is 2.51. The van der Waals surface area contributed by atoms with Gasteiger partial charge in [-0.2, -0.15) is 0 Å². The van der Waals surface area contributed by atoms with Crippen molar-refractivity contribution in [3.8, 4) is 0 Å². The number of aliphatic hydroxyl groups is 1. The lowest BCUT2D eigenvalue weighted by molar-refractivity contribution is -0.137. The van der Waals surface area contributed by atoms with Gasteiger partial charge in [-0.15, -0.1) is 0 Å². The third-order valence-electron chi connectivity index (χ3n) is 5.20. The van der Waals surface area contributed by atoms with Crippen LogP contribution in [0.3, 0.4) is 0 Å². The molecule has 1 aromatic rings. The van der Waals surface area contributed by atoms with Gasteiger partial charge in [-0.25, -0.2) is 0 Å². The number of piperidine rings is 1. The van der Waals surface area contributed by atoms with Crippen molar-refractivity contribution in [1.82, 2.24) is 14.8 Å². The molecule has 0 aromatic carbocycles. The van der Waals surface area contributed by atoms with Gasteiger partial charge < -0.3 is 10.0 Å². The van der Waals surface area contributed by atoms with Crippen molar-refractivity contribution in [3.05, 3.63) is 30.1 Å². The van der Waals surface area contributed by atoms with Crippen molar-refractivity contribution >= 4 is 5.91 Å². The molecule has 0 radical (unpaired) electrons. The zero-order valence-electron chi connectivity index (χ0n) is 13.4. The zero-order valence-corrected chi connectivity index (χ0v) is 13.4. The number of aromatic nitrogens is 1. The summed E-state index contributed by atoms with van der Waals surface area (Å²) in [6.45, 7) is 6.56. The monoisotopic (exact) mass is 303 g/mol. The number of fused-ring (bicyclic) bond motifs is 1. The van der Waals surface area contributed by atoms with E-state index < -0.39 is 5.54 Å². The fourth-order valence-electron chi connectivity index (χ4n) is 4.35. The van der Waals surface area contributed by atoms with Crippen molar-refractivity contribution in [3.63, 3.8) is 0 Å². The van der Waals surface area contributed by atoms with Gasteiger partial charge >= 0.3 is 0 Å². The average molecular weight is 303 g/mol. The third kappa shape index (κ3) is 2.75. The molecule has 1 N–H and O–H groups in total. The first-order valence-corrected chi connectivity index (χ1v) is 8.05. The Morgan fingerprint density at radius 1 is 1.55 bits per heavy atom. The minimum absolute atomic E-state index is 0.0438. The minimum Gasteiger partial charge on any atom is -0.394 e. The smallest absolute Gasteiger partial charge is 0.220 e. The SMILES string of the molecule is CC(=O)N1[C@H]2CCN(Cc3cccnc3)C[C@@H]2C[C@]1(C)CO. The summed E-state index contributed by atoms with van der Waals surface area (Å²) in [5.74, 6) is 0.538. The number of pyridine rings is 1. The predicted molar refractivity (Wildman–Crippen MR) is 84.0 cm³/mol. The first-order valence-electron chi connectivity index (χ1n) is 8.05. The average Bonchev–Trinajstić information content (AvgIpc) is 2.80. The molecule has 120 valence electrons. The topological polar surface area (TPSA) is 56.7 Å². The summed E-state index contributed by atoms with van der Waals surface area (Å²) in [7, 11) is 0. The van der Waals surface area contributed by atoms with Crippen LogP contribution in [0, 0.1) is 5.92 Å². The minimum atomic E-state index is -0.397. The summed E-state index contributed by atoms with van der Waals surface area (Å²) < 4.78 is 0. The predicted octanol–water partition coefficient (Wildman–Crippen LogP) is 1.28. The van der Waals surface area contributed by atoms with E-state index in [-0.39, 0.29) is 18.6 Å².